The van der Waals surface area contributed by atoms with Crippen molar-refractivity contribution in [3.8, 4) is 0 Å². The zero-order valence-corrected chi connectivity index (χ0v) is 10.1. The van der Waals surface area contributed by atoms with Crippen molar-refractivity contribution in [2.24, 2.45) is 0 Å². The number of nitrogens with one attached hydrogen (secondary N) is 1. The lowest BCUT2D eigenvalue weighted by Gasteiger charge is -2.24. The summed E-state index contributed by atoms with van der Waals surface area (Å²) in [4.78, 5) is 23.5. The normalized spacial score (nSPS) is 17.8. The minimum Gasteiger partial charge on any atom is -0.346 e. The molecule has 1 aliphatic rings. The fourth-order valence-electron chi connectivity index (χ4n) is 2.66. The fraction of sp³-hybridized carbons (Fsp3) is 0.200. The van der Waals surface area contributed by atoms with Gasteiger partial charge < -0.3 is 5.32 Å². The summed E-state index contributed by atoms with van der Waals surface area (Å²) in [6.45, 7) is 1.44. The van der Waals surface area contributed by atoms with Crippen LogP contribution in [0.2, 0.25) is 0 Å². The second kappa shape index (κ2) is 3.95. The first-order valence-corrected chi connectivity index (χ1v) is 5.99. The monoisotopic (exact) mass is 239 g/mol. The Morgan fingerprint density at radius 1 is 1.22 bits per heavy atom. The lowest BCUT2D eigenvalue weighted by Crippen LogP contribution is -2.43. The Morgan fingerprint density at radius 3 is 2.67 bits per heavy atom. The molecule has 0 aliphatic heterocycles. The zero-order chi connectivity index (χ0) is 12.7. The summed E-state index contributed by atoms with van der Waals surface area (Å²) in [5, 5.41) is 4.84. The van der Waals surface area contributed by atoms with Crippen molar-refractivity contribution >= 4 is 22.5 Å². The Balaban J connectivity index is 2.18. The van der Waals surface area contributed by atoms with Crippen LogP contribution in [0.5, 0.6) is 0 Å². The average Bonchev–Trinajstić information content (AvgIpc) is 2.35. The van der Waals surface area contributed by atoms with Gasteiger partial charge in [-0.15, -0.1) is 0 Å². The van der Waals surface area contributed by atoms with Gasteiger partial charge in [0.1, 0.15) is 0 Å². The smallest absolute Gasteiger partial charge is 0.217 e. The number of benzene rings is 2. The molecule has 0 spiro atoms. The third-order valence-corrected chi connectivity index (χ3v) is 3.37. The second-order valence-electron chi connectivity index (χ2n) is 4.64. The second-order valence-corrected chi connectivity index (χ2v) is 4.64. The van der Waals surface area contributed by atoms with Crippen molar-refractivity contribution in [2.75, 3.05) is 0 Å². The van der Waals surface area contributed by atoms with Crippen LogP contribution in [0.1, 0.15) is 22.8 Å². The van der Waals surface area contributed by atoms with Crippen LogP contribution in [-0.2, 0) is 11.2 Å². The highest BCUT2D eigenvalue weighted by molar-refractivity contribution is 6.14. The Labute approximate surface area is 105 Å². The van der Waals surface area contributed by atoms with Gasteiger partial charge in [-0.2, -0.15) is 0 Å². The summed E-state index contributed by atoms with van der Waals surface area (Å²) in [6, 6.07) is 11.3. The molecule has 2 aromatic carbocycles. The molecule has 1 aliphatic carbocycles. The standard InChI is InChI=1S/C15H13NO2/c1-9(17)16-13-8-11-6-2-4-10-5-3-7-12(14(10)11)15(13)18/h2-7,13H,8H2,1H3,(H,16,17)/t13-/m0/s1. The van der Waals surface area contributed by atoms with E-state index < -0.39 is 6.04 Å². The third-order valence-electron chi connectivity index (χ3n) is 3.37. The van der Waals surface area contributed by atoms with Crippen molar-refractivity contribution in [3.63, 3.8) is 0 Å². The summed E-state index contributed by atoms with van der Waals surface area (Å²) < 4.78 is 0. The van der Waals surface area contributed by atoms with Gasteiger partial charge in [0.05, 0.1) is 6.04 Å². The highest BCUT2D eigenvalue weighted by Crippen LogP contribution is 2.29. The lowest BCUT2D eigenvalue weighted by atomic mass is 9.85. The van der Waals surface area contributed by atoms with Crippen molar-refractivity contribution in [3.05, 3.63) is 47.5 Å². The number of hydrogen-bond acceptors (Lipinski definition) is 2. The quantitative estimate of drug-likeness (QED) is 0.828. The number of amides is 1. The molecule has 0 fully saturated rings. The van der Waals surface area contributed by atoms with Crippen LogP contribution >= 0.6 is 0 Å². The molecule has 3 rings (SSSR count). The molecule has 18 heavy (non-hydrogen) atoms. The molecule has 1 atom stereocenters. The van der Waals surface area contributed by atoms with Crippen LogP contribution in [0.3, 0.4) is 0 Å². The Hall–Kier alpha value is -2.16. The zero-order valence-electron chi connectivity index (χ0n) is 10.1. The van der Waals surface area contributed by atoms with Gasteiger partial charge in [-0.3, -0.25) is 9.59 Å². The number of rotatable bonds is 1. The molecule has 1 amide bonds. The minimum absolute atomic E-state index is 0.00880. The third kappa shape index (κ3) is 1.59. The van der Waals surface area contributed by atoms with E-state index in [1.54, 1.807) is 0 Å². The molecule has 0 radical (unpaired) electrons. The summed E-state index contributed by atoms with van der Waals surface area (Å²) in [6.07, 6.45) is 0.576. The fourth-order valence-corrected chi connectivity index (χ4v) is 2.66. The Kier molecular flexibility index (Phi) is 2.40. The summed E-state index contributed by atoms with van der Waals surface area (Å²) in [5.74, 6) is -0.158. The van der Waals surface area contributed by atoms with E-state index in [4.69, 9.17) is 0 Å². The molecule has 0 heterocycles. The highest BCUT2D eigenvalue weighted by Gasteiger charge is 2.28. The molecule has 0 saturated carbocycles. The molecule has 0 saturated heterocycles. The number of Topliss-reactive ketones (excluding diaryl/α,β-unsaturated/α-hetero) is 1. The largest absolute Gasteiger partial charge is 0.346 e. The summed E-state index contributed by atoms with van der Waals surface area (Å²) in [7, 11) is 0. The van der Waals surface area contributed by atoms with Crippen LogP contribution in [0, 0.1) is 0 Å². The molecule has 90 valence electrons. The molecular weight excluding hydrogens is 226 g/mol. The van der Waals surface area contributed by atoms with E-state index in [1.165, 1.54) is 6.92 Å². The Morgan fingerprint density at radius 2 is 1.94 bits per heavy atom. The van der Waals surface area contributed by atoms with Gasteiger partial charge in [0.15, 0.2) is 5.78 Å². The van der Waals surface area contributed by atoms with Gasteiger partial charge in [-0.05, 0) is 16.3 Å². The lowest BCUT2D eigenvalue weighted by molar-refractivity contribution is -0.119. The predicted octanol–water partition coefficient (Wildman–Crippen LogP) is 2.08. The summed E-state index contributed by atoms with van der Waals surface area (Å²) >= 11 is 0. The first-order chi connectivity index (χ1) is 8.66. The Bertz CT molecular complexity index is 655. The SMILES string of the molecule is CC(=O)N[C@H]1Cc2cccc3cccc(c23)C1=O. The van der Waals surface area contributed by atoms with E-state index >= 15 is 0 Å². The molecular formula is C15H13NO2. The number of hydrogen-bond donors (Lipinski definition) is 1. The van der Waals surface area contributed by atoms with Gasteiger partial charge in [0, 0.05) is 18.9 Å². The van der Waals surface area contributed by atoms with E-state index in [2.05, 4.69) is 5.32 Å². The van der Waals surface area contributed by atoms with Crippen LogP contribution in [0.4, 0.5) is 0 Å². The van der Waals surface area contributed by atoms with Gasteiger partial charge >= 0.3 is 0 Å². The topological polar surface area (TPSA) is 46.2 Å². The van der Waals surface area contributed by atoms with Crippen molar-refractivity contribution in [1.82, 2.24) is 5.32 Å². The van der Waals surface area contributed by atoms with E-state index in [1.807, 2.05) is 36.4 Å². The average molecular weight is 239 g/mol. The summed E-state index contributed by atoms with van der Waals surface area (Å²) in [5.41, 5.74) is 1.84. The molecule has 1 N–H and O–H groups in total. The first-order valence-electron chi connectivity index (χ1n) is 5.99. The van der Waals surface area contributed by atoms with Crippen LogP contribution in [-0.4, -0.2) is 17.7 Å². The molecule has 3 nitrogen and oxygen atoms in total. The van der Waals surface area contributed by atoms with E-state index in [9.17, 15) is 9.59 Å². The van der Waals surface area contributed by atoms with E-state index in [0.717, 1.165) is 16.3 Å². The maximum atomic E-state index is 12.3. The van der Waals surface area contributed by atoms with Gasteiger partial charge in [-0.25, -0.2) is 0 Å². The molecule has 2 aromatic rings. The van der Waals surface area contributed by atoms with Crippen molar-refractivity contribution in [2.45, 2.75) is 19.4 Å². The highest BCUT2D eigenvalue weighted by atomic mass is 16.2. The predicted molar refractivity (Wildman–Crippen MR) is 69.6 cm³/mol. The van der Waals surface area contributed by atoms with Gasteiger partial charge in [0.2, 0.25) is 5.91 Å². The minimum atomic E-state index is -0.428. The van der Waals surface area contributed by atoms with E-state index in [-0.39, 0.29) is 11.7 Å². The van der Waals surface area contributed by atoms with Crippen LogP contribution in [0.25, 0.3) is 10.8 Å². The van der Waals surface area contributed by atoms with Crippen molar-refractivity contribution < 1.29 is 9.59 Å². The molecule has 3 heteroatoms. The van der Waals surface area contributed by atoms with Gasteiger partial charge in [-0.1, -0.05) is 36.4 Å². The maximum Gasteiger partial charge on any atom is 0.217 e. The number of carbonyl (C=O) groups excluding carboxylic acids is 2. The number of carbonyl (C=O) groups is 2. The van der Waals surface area contributed by atoms with Crippen LogP contribution in [0.15, 0.2) is 36.4 Å². The van der Waals surface area contributed by atoms with Crippen LogP contribution < -0.4 is 5.32 Å². The van der Waals surface area contributed by atoms with Gasteiger partial charge in [0.25, 0.3) is 0 Å². The molecule has 0 aromatic heterocycles. The number of ketones is 1. The van der Waals surface area contributed by atoms with Crippen molar-refractivity contribution in [1.29, 1.82) is 0 Å². The van der Waals surface area contributed by atoms with E-state index in [0.29, 0.717) is 12.0 Å². The first kappa shape index (κ1) is 11.0. The molecule has 0 bridgehead atoms. The maximum absolute atomic E-state index is 12.3. The molecule has 0 unspecified atom stereocenters.